The third kappa shape index (κ3) is 4.66. The highest BCUT2D eigenvalue weighted by molar-refractivity contribution is 6.46. The standard InChI is InChI=1S/C28H27NO5/c1-3-34-23-11-7-10-21(18-23)26(30)24-25(20-8-5-4-6-9-20)29(28(32)27(24)31)17-16-19-12-14-22(33-2)15-13-19/h4-15,18,25,30H,3,16-17H2,1-2H3/b26-24-. The lowest BCUT2D eigenvalue weighted by Gasteiger charge is -2.25. The number of ketones is 1. The molecule has 6 nitrogen and oxygen atoms in total. The minimum Gasteiger partial charge on any atom is -0.507 e. The Morgan fingerprint density at radius 1 is 0.941 bits per heavy atom. The zero-order chi connectivity index (χ0) is 24.1. The van der Waals surface area contributed by atoms with Crippen molar-refractivity contribution in [3.63, 3.8) is 0 Å². The van der Waals surface area contributed by atoms with Crippen LogP contribution in [0.2, 0.25) is 0 Å². The first-order valence-corrected chi connectivity index (χ1v) is 11.2. The van der Waals surface area contributed by atoms with Crippen molar-refractivity contribution < 1.29 is 24.2 Å². The summed E-state index contributed by atoms with van der Waals surface area (Å²) >= 11 is 0. The number of rotatable bonds is 8. The summed E-state index contributed by atoms with van der Waals surface area (Å²) in [5.41, 5.74) is 2.29. The molecule has 0 radical (unpaired) electrons. The van der Waals surface area contributed by atoms with E-state index in [-0.39, 0.29) is 11.3 Å². The van der Waals surface area contributed by atoms with Crippen molar-refractivity contribution >= 4 is 17.4 Å². The molecule has 1 aliphatic heterocycles. The summed E-state index contributed by atoms with van der Waals surface area (Å²) in [4.78, 5) is 27.8. The highest BCUT2D eigenvalue weighted by Crippen LogP contribution is 2.39. The molecule has 174 valence electrons. The molecule has 4 rings (SSSR count). The van der Waals surface area contributed by atoms with Crippen LogP contribution in [-0.4, -0.2) is 42.0 Å². The van der Waals surface area contributed by atoms with Crippen LogP contribution in [0.4, 0.5) is 0 Å². The summed E-state index contributed by atoms with van der Waals surface area (Å²) in [5.74, 6) is -0.187. The molecule has 1 fully saturated rings. The van der Waals surface area contributed by atoms with Gasteiger partial charge in [-0.15, -0.1) is 0 Å². The fourth-order valence-electron chi connectivity index (χ4n) is 4.19. The van der Waals surface area contributed by atoms with E-state index in [0.717, 1.165) is 16.9 Å². The normalized spacial score (nSPS) is 17.1. The van der Waals surface area contributed by atoms with Crippen LogP contribution in [0.15, 0.2) is 84.4 Å². The Balaban J connectivity index is 1.72. The van der Waals surface area contributed by atoms with Crippen molar-refractivity contribution in [2.24, 2.45) is 0 Å². The second-order valence-electron chi connectivity index (χ2n) is 7.96. The van der Waals surface area contributed by atoms with Crippen LogP contribution < -0.4 is 9.47 Å². The number of carbonyl (C=O) groups is 2. The number of hydrogen-bond acceptors (Lipinski definition) is 5. The summed E-state index contributed by atoms with van der Waals surface area (Å²) in [7, 11) is 1.61. The van der Waals surface area contributed by atoms with E-state index < -0.39 is 17.7 Å². The SMILES string of the molecule is CCOc1cccc(/C(O)=C2/C(=O)C(=O)N(CCc3ccc(OC)cc3)C2c2ccccc2)c1. The molecule has 1 saturated heterocycles. The first kappa shape index (κ1) is 23.1. The molecular formula is C28H27NO5. The molecule has 1 heterocycles. The first-order chi connectivity index (χ1) is 16.5. The van der Waals surface area contributed by atoms with Crippen molar-refractivity contribution in [1.82, 2.24) is 4.90 Å². The maximum atomic E-state index is 13.2. The predicted octanol–water partition coefficient (Wildman–Crippen LogP) is 4.76. The van der Waals surface area contributed by atoms with Crippen molar-refractivity contribution in [2.75, 3.05) is 20.3 Å². The molecule has 1 N–H and O–H groups in total. The van der Waals surface area contributed by atoms with Gasteiger partial charge in [0.25, 0.3) is 11.7 Å². The fraction of sp³-hybridized carbons (Fsp3) is 0.214. The summed E-state index contributed by atoms with van der Waals surface area (Å²) in [6.45, 7) is 2.67. The predicted molar refractivity (Wildman–Crippen MR) is 130 cm³/mol. The molecule has 3 aromatic carbocycles. The minimum atomic E-state index is -0.692. The molecule has 6 heteroatoms. The Labute approximate surface area is 199 Å². The molecule has 1 amide bonds. The topological polar surface area (TPSA) is 76.1 Å². The van der Waals surface area contributed by atoms with Gasteiger partial charge in [-0.2, -0.15) is 0 Å². The van der Waals surface area contributed by atoms with Gasteiger partial charge in [-0.05, 0) is 48.7 Å². The lowest BCUT2D eigenvalue weighted by atomic mass is 9.95. The molecule has 34 heavy (non-hydrogen) atoms. The first-order valence-electron chi connectivity index (χ1n) is 11.2. The Bertz CT molecular complexity index is 1200. The molecule has 0 aliphatic carbocycles. The van der Waals surface area contributed by atoms with E-state index in [1.54, 1.807) is 36.3 Å². The summed E-state index contributed by atoms with van der Waals surface area (Å²) < 4.78 is 10.7. The second kappa shape index (κ2) is 10.3. The maximum Gasteiger partial charge on any atom is 0.295 e. The van der Waals surface area contributed by atoms with Crippen molar-refractivity contribution in [3.05, 3.63) is 101 Å². The number of hydrogen-bond donors (Lipinski definition) is 1. The van der Waals surface area contributed by atoms with Gasteiger partial charge >= 0.3 is 0 Å². The van der Waals surface area contributed by atoms with Crippen LogP contribution in [0, 0.1) is 0 Å². The molecule has 0 spiro atoms. The van der Waals surface area contributed by atoms with Crippen LogP contribution >= 0.6 is 0 Å². The van der Waals surface area contributed by atoms with Gasteiger partial charge in [0.2, 0.25) is 0 Å². The zero-order valence-corrected chi connectivity index (χ0v) is 19.2. The minimum absolute atomic E-state index is 0.0829. The Morgan fingerprint density at radius 2 is 1.68 bits per heavy atom. The summed E-state index contributed by atoms with van der Waals surface area (Å²) in [6, 6.07) is 23.1. The number of aliphatic hydroxyl groups excluding tert-OH is 1. The highest BCUT2D eigenvalue weighted by atomic mass is 16.5. The molecule has 1 unspecified atom stereocenters. The number of methoxy groups -OCH3 is 1. The van der Waals surface area contributed by atoms with E-state index in [1.165, 1.54) is 0 Å². The molecule has 0 aromatic heterocycles. The average molecular weight is 458 g/mol. The molecule has 1 aliphatic rings. The third-order valence-electron chi connectivity index (χ3n) is 5.87. The monoisotopic (exact) mass is 457 g/mol. The van der Waals surface area contributed by atoms with Crippen LogP contribution in [0.25, 0.3) is 5.76 Å². The zero-order valence-electron chi connectivity index (χ0n) is 19.2. The van der Waals surface area contributed by atoms with E-state index in [2.05, 4.69) is 0 Å². The molecule has 1 atom stereocenters. The molecular weight excluding hydrogens is 430 g/mol. The van der Waals surface area contributed by atoms with E-state index in [9.17, 15) is 14.7 Å². The number of benzene rings is 3. The van der Waals surface area contributed by atoms with E-state index in [1.807, 2.05) is 61.5 Å². The van der Waals surface area contributed by atoms with Crippen LogP contribution in [-0.2, 0) is 16.0 Å². The number of likely N-dealkylation sites (tertiary alicyclic amines) is 1. The number of ether oxygens (including phenoxy) is 2. The van der Waals surface area contributed by atoms with Crippen LogP contribution in [0.3, 0.4) is 0 Å². The second-order valence-corrected chi connectivity index (χ2v) is 7.96. The number of aliphatic hydroxyl groups is 1. The van der Waals surface area contributed by atoms with Gasteiger partial charge in [0, 0.05) is 12.1 Å². The Kier molecular flexibility index (Phi) is 6.97. The molecule has 3 aromatic rings. The summed E-state index contributed by atoms with van der Waals surface area (Å²) in [5, 5.41) is 11.2. The maximum absolute atomic E-state index is 13.2. The average Bonchev–Trinajstić information content (AvgIpc) is 3.13. The number of amides is 1. The highest BCUT2D eigenvalue weighted by Gasteiger charge is 2.45. The van der Waals surface area contributed by atoms with Crippen LogP contribution in [0.5, 0.6) is 11.5 Å². The molecule has 0 saturated carbocycles. The van der Waals surface area contributed by atoms with Gasteiger partial charge in [-0.1, -0.05) is 54.6 Å². The van der Waals surface area contributed by atoms with Crippen molar-refractivity contribution in [2.45, 2.75) is 19.4 Å². The fourth-order valence-corrected chi connectivity index (χ4v) is 4.19. The Morgan fingerprint density at radius 3 is 2.35 bits per heavy atom. The lowest BCUT2D eigenvalue weighted by Crippen LogP contribution is -2.31. The summed E-state index contributed by atoms with van der Waals surface area (Å²) in [6.07, 6.45) is 0.556. The number of nitrogens with zero attached hydrogens (tertiary/aromatic N) is 1. The number of Topliss-reactive ketones (excluding diaryl/α,β-unsaturated/α-hetero) is 1. The molecule has 0 bridgehead atoms. The third-order valence-corrected chi connectivity index (χ3v) is 5.87. The largest absolute Gasteiger partial charge is 0.507 e. The van der Waals surface area contributed by atoms with Gasteiger partial charge in [-0.3, -0.25) is 9.59 Å². The quantitative estimate of drug-likeness (QED) is 0.300. The van der Waals surface area contributed by atoms with Gasteiger partial charge in [0.15, 0.2) is 0 Å². The van der Waals surface area contributed by atoms with Crippen molar-refractivity contribution in [1.29, 1.82) is 0 Å². The van der Waals surface area contributed by atoms with Gasteiger partial charge < -0.3 is 19.5 Å². The lowest BCUT2D eigenvalue weighted by molar-refractivity contribution is -0.139. The van der Waals surface area contributed by atoms with Gasteiger partial charge in [-0.25, -0.2) is 0 Å². The van der Waals surface area contributed by atoms with Crippen molar-refractivity contribution in [3.8, 4) is 11.5 Å². The van der Waals surface area contributed by atoms with Gasteiger partial charge in [0.05, 0.1) is 25.3 Å². The van der Waals surface area contributed by atoms with E-state index in [4.69, 9.17) is 9.47 Å². The van der Waals surface area contributed by atoms with Gasteiger partial charge in [0.1, 0.15) is 17.3 Å². The Hall–Kier alpha value is -4.06. The number of carbonyl (C=O) groups excluding carboxylic acids is 2. The van der Waals surface area contributed by atoms with E-state index >= 15 is 0 Å². The van der Waals surface area contributed by atoms with Crippen LogP contribution in [0.1, 0.15) is 29.7 Å². The van der Waals surface area contributed by atoms with E-state index in [0.29, 0.717) is 30.9 Å². The smallest absolute Gasteiger partial charge is 0.295 e.